The molecule has 1 aromatic carbocycles. The topological polar surface area (TPSA) is 92.3 Å². The minimum Gasteiger partial charge on any atom is -0.497 e. The van der Waals surface area contributed by atoms with E-state index in [9.17, 15) is 4.79 Å². The fourth-order valence-electron chi connectivity index (χ4n) is 2.58. The number of carbonyl (C=O) groups excluding carboxylic acids is 1. The molecule has 0 bridgehead atoms. The molecule has 1 amide bonds. The van der Waals surface area contributed by atoms with Gasteiger partial charge in [-0.3, -0.25) is 14.8 Å². The van der Waals surface area contributed by atoms with Crippen molar-refractivity contribution in [2.75, 3.05) is 7.11 Å². The number of benzene rings is 1. The predicted molar refractivity (Wildman–Crippen MR) is 89.5 cm³/mol. The van der Waals surface area contributed by atoms with E-state index in [1.165, 1.54) is 0 Å². The number of nitrogens with one attached hydrogen (secondary N) is 2. The third kappa shape index (κ3) is 2.41. The first-order chi connectivity index (χ1) is 11.7. The lowest BCUT2D eigenvalue weighted by Gasteiger charge is -1.99. The number of carbonyl (C=O) groups is 1. The smallest absolute Gasteiger partial charge is 0.273 e. The number of hydrogen-bond acceptors (Lipinski definition) is 5. The normalized spacial score (nSPS) is 15.6. The number of aromatic amines is 1. The van der Waals surface area contributed by atoms with Crippen molar-refractivity contribution in [3.8, 4) is 5.75 Å². The van der Waals surface area contributed by atoms with Crippen molar-refractivity contribution in [3.63, 3.8) is 0 Å². The van der Waals surface area contributed by atoms with Crippen LogP contribution in [0.5, 0.6) is 5.75 Å². The van der Waals surface area contributed by atoms with E-state index in [2.05, 4.69) is 25.5 Å². The first kappa shape index (κ1) is 14.1. The highest BCUT2D eigenvalue weighted by Crippen LogP contribution is 2.23. The van der Waals surface area contributed by atoms with Crippen LogP contribution in [0, 0.1) is 0 Å². The molecule has 0 unspecified atom stereocenters. The van der Waals surface area contributed by atoms with Crippen molar-refractivity contribution >= 4 is 28.6 Å². The largest absolute Gasteiger partial charge is 0.497 e. The van der Waals surface area contributed by atoms with Gasteiger partial charge in [-0.1, -0.05) is 0 Å². The number of ether oxygens (including phenoxy) is 1. The maximum absolute atomic E-state index is 12.1. The molecule has 3 heterocycles. The molecule has 0 spiro atoms. The summed E-state index contributed by atoms with van der Waals surface area (Å²) >= 11 is 0. The lowest BCUT2D eigenvalue weighted by atomic mass is 10.1. The summed E-state index contributed by atoms with van der Waals surface area (Å²) in [6.07, 6.45) is 6.46. The minimum absolute atomic E-state index is 0.271. The average Bonchev–Trinajstić information content (AvgIpc) is 3.18. The Labute approximate surface area is 137 Å². The molecule has 0 aliphatic carbocycles. The monoisotopic (exact) mass is 319 g/mol. The van der Waals surface area contributed by atoms with Gasteiger partial charge in [-0.25, -0.2) is 5.43 Å². The molecule has 2 N–H and O–H groups in total. The lowest BCUT2D eigenvalue weighted by molar-refractivity contribution is -0.116. The molecule has 1 aliphatic rings. The number of H-pyrrole nitrogens is 1. The zero-order valence-electron chi connectivity index (χ0n) is 12.8. The SMILES string of the molecule is COc1ccc2[nH]c(/C=C3\C(=O)NN=C3c3cnccn3)cc2c1. The lowest BCUT2D eigenvalue weighted by Crippen LogP contribution is -2.14. The third-order valence-electron chi connectivity index (χ3n) is 3.72. The number of methoxy groups -OCH3 is 1. The number of aromatic nitrogens is 3. The maximum Gasteiger partial charge on any atom is 0.273 e. The standard InChI is InChI=1S/C17H13N5O2/c1-24-12-2-3-14-10(7-12)6-11(20-14)8-13-16(21-22-17(13)23)15-9-18-4-5-19-15/h2-9,20H,1H3,(H,22,23)/b13-8-. The van der Waals surface area contributed by atoms with E-state index in [-0.39, 0.29) is 5.91 Å². The number of hydrazone groups is 1. The van der Waals surface area contributed by atoms with Crippen molar-refractivity contribution < 1.29 is 9.53 Å². The van der Waals surface area contributed by atoms with Crippen LogP contribution in [0.2, 0.25) is 0 Å². The van der Waals surface area contributed by atoms with E-state index in [0.717, 1.165) is 22.3 Å². The average molecular weight is 319 g/mol. The van der Waals surface area contributed by atoms with Crippen LogP contribution in [0.3, 0.4) is 0 Å². The van der Waals surface area contributed by atoms with Crippen LogP contribution < -0.4 is 10.2 Å². The molecule has 4 rings (SSSR count). The van der Waals surface area contributed by atoms with Crippen molar-refractivity contribution in [1.29, 1.82) is 0 Å². The number of nitrogens with zero attached hydrogens (tertiary/aromatic N) is 3. The molecule has 0 atom stereocenters. The summed E-state index contributed by atoms with van der Waals surface area (Å²) in [6, 6.07) is 7.69. The second-order valence-electron chi connectivity index (χ2n) is 5.23. The molecular formula is C17H13N5O2. The molecule has 7 nitrogen and oxygen atoms in total. The number of fused-ring (bicyclic) bond motifs is 1. The zero-order valence-corrected chi connectivity index (χ0v) is 12.8. The summed E-state index contributed by atoms with van der Waals surface area (Å²) in [5, 5.41) is 5.06. The Morgan fingerprint density at radius 2 is 2.12 bits per heavy atom. The van der Waals surface area contributed by atoms with Gasteiger partial charge >= 0.3 is 0 Å². The molecule has 3 aromatic rings. The summed E-state index contributed by atoms with van der Waals surface area (Å²) in [7, 11) is 1.63. The Hall–Kier alpha value is -3.48. The van der Waals surface area contributed by atoms with Gasteiger partial charge in [-0.05, 0) is 30.3 Å². The molecule has 0 saturated heterocycles. The highest BCUT2D eigenvalue weighted by Gasteiger charge is 2.25. The Balaban J connectivity index is 1.76. The second-order valence-corrected chi connectivity index (χ2v) is 5.23. The van der Waals surface area contributed by atoms with Crippen LogP contribution in [-0.2, 0) is 4.79 Å². The Morgan fingerprint density at radius 1 is 1.21 bits per heavy atom. The Morgan fingerprint density at radius 3 is 2.92 bits per heavy atom. The van der Waals surface area contributed by atoms with Gasteiger partial charge in [-0.2, -0.15) is 5.10 Å². The van der Waals surface area contributed by atoms with Gasteiger partial charge in [-0.15, -0.1) is 0 Å². The van der Waals surface area contributed by atoms with E-state index in [0.29, 0.717) is 17.0 Å². The van der Waals surface area contributed by atoms with Crippen molar-refractivity contribution in [2.24, 2.45) is 5.10 Å². The number of rotatable bonds is 3. The quantitative estimate of drug-likeness (QED) is 0.721. The highest BCUT2D eigenvalue weighted by atomic mass is 16.5. The fraction of sp³-hybridized carbons (Fsp3) is 0.0588. The summed E-state index contributed by atoms with van der Waals surface area (Å²) in [5.41, 5.74) is 5.68. The van der Waals surface area contributed by atoms with Gasteiger partial charge in [0.25, 0.3) is 5.91 Å². The third-order valence-corrected chi connectivity index (χ3v) is 3.72. The van der Waals surface area contributed by atoms with Crippen LogP contribution in [-0.4, -0.2) is 33.7 Å². The van der Waals surface area contributed by atoms with Crippen LogP contribution in [0.4, 0.5) is 0 Å². The Kier molecular flexibility index (Phi) is 3.31. The minimum atomic E-state index is -0.271. The second kappa shape index (κ2) is 5.62. The Bertz CT molecular complexity index is 989. The highest BCUT2D eigenvalue weighted by molar-refractivity contribution is 6.32. The maximum atomic E-state index is 12.1. The van der Waals surface area contributed by atoms with Gasteiger partial charge in [0.15, 0.2) is 0 Å². The van der Waals surface area contributed by atoms with Gasteiger partial charge in [0.05, 0.1) is 18.9 Å². The van der Waals surface area contributed by atoms with E-state index >= 15 is 0 Å². The molecule has 0 radical (unpaired) electrons. The summed E-state index contributed by atoms with van der Waals surface area (Å²) < 4.78 is 5.23. The fourth-order valence-corrected chi connectivity index (χ4v) is 2.58. The molecule has 24 heavy (non-hydrogen) atoms. The van der Waals surface area contributed by atoms with Crippen molar-refractivity contribution in [1.82, 2.24) is 20.4 Å². The molecule has 118 valence electrons. The van der Waals surface area contributed by atoms with Crippen molar-refractivity contribution in [3.05, 3.63) is 59.8 Å². The molecule has 0 saturated carbocycles. The van der Waals surface area contributed by atoms with Crippen LogP contribution in [0.1, 0.15) is 11.4 Å². The van der Waals surface area contributed by atoms with E-state index < -0.39 is 0 Å². The van der Waals surface area contributed by atoms with E-state index in [1.807, 2.05) is 24.3 Å². The molecule has 7 heteroatoms. The summed E-state index contributed by atoms with van der Waals surface area (Å²) in [5.74, 6) is 0.507. The first-order valence-corrected chi connectivity index (χ1v) is 7.28. The van der Waals surface area contributed by atoms with E-state index in [1.54, 1.807) is 31.8 Å². The van der Waals surface area contributed by atoms with Crippen LogP contribution in [0.15, 0.2) is 53.5 Å². The van der Waals surface area contributed by atoms with Crippen LogP contribution in [0.25, 0.3) is 17.0 Å². The van der Waals surface area contributed by atoms with Gasteiger partial charge in [0, 0.05) is 29.0 Å². The summed E-state index contributed by atoms with van der Waals surface area (Å²) in [4.78, 5) is 23.6. The molecule has 1 aliphatic heterocycles. The van der Waals surface area contributed by atoms with Gasteiger partial charge in [0.1, 0.15) is 17.2 Å². The molecule has 0 fully saturated rings. The molecule has 2 aromatic heterocycles. The van der Waals surface area contributed by atoms with Crippen molar-refractivity contribution in [2.45, 2.75) is 0 Å². The van der Waals surface area contributed by atoms with Gasteiger partial charge in [0.2, 0.25) is 0 Å². The number of hydrogen-bond donors (Lipinski definition) is 2. The summed E-state index contributed by atoms with van der Waals surface area (Å²) in [6.45, 7) is 0. The van der Waals surface area contributed by atoms with Crippen LogP contribution >= 0.6 is 0 Å². The van der Waals surface area contributed by atoms with Gasteiger partial charge < -0.3 is 9.72 Å². The zero-order chi connectivity index (χ0) is 16.5. The van der Waals surface area contributed by atoms with E-state index in [4.69, 9.17) is 4.74 Å². The first-order valence-electron chi connectivity index (χ1n) is 7.28. The molecular weight excluding hydrogens is 306 g/mol. The predicted octanol–water partition coefficient (Wildman–Crippen LogP) is 1.88. The number of amides is 1.